The molecule has 1 saturated heterocycles. The van der Waals surface area contributed by atoms with Gasteiger partial charge in [0.2, 0.25) is 0 Å². The molecule has 0 aromatic carbocycles. The Kier molecular flexibility index (Phi) is 5.51. The van der Waals surface area contributed by atoms with Crippen molar-refractivity contribution >= 4 is 6.09 Å². The SMILES string of the molecule is O=C(O)N1CC(N(CCCO)CCCO)C1. The lowest BCUT2D eigenvalue weighted by Crippen LogP contribution is -2.61. The monoisotopic (exact) mass is 232 g/mol. The summed E-state index contributed by atoms with van der Waals surface area (Å²) in [6.45, 7) is 2.87. The summed E-state index contributed by atoms with van der Waals surface area (Å²) in [5, 5.41) is 26.3. The predicted octanol–water partition coefficient (Wildman–Crippen LogP) is -0.585. The molecule has 0 saturated carbocycles. The summed E-state index contributed by atoms with van der Waals surface area (Å²) in [6.07, 6.45) is 0.504. The smallest absolute Gasteiger partial charge is 0.407 e. The van der Waals surface area contributed by atoms with Crippen LogP contribution in [-0.4, -0.2) is 76.6 Å². The van der Waals surface area contributed by atoms with Crippen LogP contribution in [-0.2, 0) is 0 Å². The van der Waals surface area contributed by atoms with E-state index in [0.29, 0.717) is 25.9 Å². The van der Waals surface area contributed by atoms with Crippen molar-refractivity contribution in [3.63, 3.8) is 0 Å². The van der Waals surface area contributed by atoms with Gasteiger partial charge in [-0.15, -0.1) is 0 Å². The fourth-order valence-corrected chi connectivity index (χ4v) is 1.87. The quantitative estimate of drug-likeness (QED) is 0.546. The first-order chi connectivity index (χ1) is 7.69. The maximum absolute atomic E-state index is 10.6. The maximum atomic E-state index is 10.6. The Balaban J connectivity index is 2.30. The van der Waals surface area contributed by atoms with Crippen molar-refractivity contribution in [2.75, 3.05) is 39.4 Å². The molecule has 0 atom stereocenters. The third-order valence-electron chi connectivity index (χ3n) is 2.86. The number of carboxylic acid groups (broad SMARTS) is 1. The minimum atomic E-state index is -0.875. The molecule has 0 unspecified atom stereocenters. The second-order valence-electron chi connectivity index (χ2n) is 4.03. The molecule has 0 bridgehead atoms. The molecule has 1 aliphatic rings. The molecular formula is C10H20N2O4. The number of likely N-dealkylation sites (tertiary alicyclic amines) is 1. The number of rotatable bonds is 7. The van der Waals surface area contributed by atoms with Gasteiger partial charge in [-0.25, -0.2) is 4.79 Å². The van der Waals surface area contributed by atoms with Gasteiger partial charge in [0.05, 0.1) is 0 Å². The van der Waals surface area contributed by atoms with Crippen LogP contribution in [0.3, 0.4) is 0 Å². The highest BCUT2D eigenvalue weighted by Gasteiger charge is 2.34. The van der Waals surface area contributed by atoms with Crippen LogP contribution in [0.2, 0.25) is 0 Å². The average molecular weight is 232 g/mol. The first-order valence-corrected chi connectivity index (χ1v) is 5.62. The number of aliphatic hydroxyl groups is 2. The van der Waals surface area contributed by atoms with Gasteiger partial charge >= 0.3 is 6.09 Å². The highest BCUT2D eigenvalue weighted by atomic mass is 16.4. The van der Waals surface area contributed by atoms with E-state index in [2.05, 4.69) is 4.90 Å². The van der Waals surface area contributed by atoms with Gasteiger partial charge in [0.1, 0.15) is 0 Å². The fourth-order valence-electron chi connectivity index (χ4n) is 1.87. The zero-order chi connectivity index (χ0) is 12.0. The molecule has 16 heavy (non-hydrogen) atoms. The van der Waals surface area contributed by atoms with Crippen LogP contribution in [0.25, 0.3) is 0 Å². The summed E-state index contributed by atoms with van der Waals surface area (Å²) in [4.78, 5) is 14.1. The molecule has 1 heterocycles. The highest BCUT2D eigenvalue weighted by Crippen LogP contribution is 2.15. The molecule has 0 aliphatic carbocycles. The lowest BCUT2D eigenvalue weighted by atomic mass is 10.1. The normalized spacial score (nSPS) is 16.6. The number of aliphatic hydroxyl groups excluding tert-OH is 2. The second-order valence-corrected chi connectivity index (χ2v) is 4.03. The Morgan fingerprint density at radius 3 is 2.06 bits per heavy atom. The molecule has 1 amide bonds. The van der Waals surface area contributed by atoms with Crippen LogP contribution < -0.4 is 0 Å². The summed E-state index contributed by atoms with van der Waals surface area (Å²) in [5.74, 6) is 0. The third kappa shape index (κ3) is 3.62. The fraction of sp³-hybridized carbons (Fsp3) is 0.900. The van der Waals surface area contributed by atoms with Crippen LogP contribution >= 0.6 is 0 Å². The largest absolute Gasteiger partial charge is 0.465 e. The summed E-state index contributed by atoms with van der Waals surface area (Å²) < 4.78 is 0. The molecule has 0 spiro atoms. The third-order valence-corrected chi connectivity index (χ3v) is 2.86. The van der Waals surface area contributed by atoms with Crippen molar-refractivity contribution in [2.45, 2.75) is 18.9 Å². The van der Waals surface area contributed by atoms with Crippen LogP contribution in [0, 0.1) is 0 Å². The van der Waals surface area contributed by atoms with Crippen molar-refractivity contribution in [2.24, 2.45) is 0 Å². The Morgan fingerprint density at radius 1 is 1.19 bits per heavy atom. The van der Waals surface area contributed by atoms with E-state index < -0.39 is 6.09 Å². The number of carbonyl (C=O) groups is 1. The van der Waals surface area contributed by atoms with Gasteiger partial charge in [0, 0.05) is 45.4 Å². The minimum Gasteiger partial charge on any atom is -0.465 e. The lowest BCUT2D eigenvalue weighted by Gasteiger charge is -2.44. The second kappa shape index (κ2) is 6.67. The van der Waals surface area contributed by atoms with E-state index in [0.717, 1.165) is 13.1 Å². The maximum Gasteiger partial charge on any atom is 0.407 e. The lowest BCUT2D eigenvalue weighted by molar-refractivity contribution is 0.0311. The van der Waals surface area contributed by atoms with Crippen LogP contribution in [0.5, 0.6) is 0 Å². The molecular weight excluding hydrogens is 212 g/mol. The average Bonchev–Trinajstić information content (AvgIpc) is 2.18. The Labute approximate surface area is 95.1 Å². The summed E-state index contributed by atoms with van der Waals surface area (Å²) in [6, 6.07) is 0.245. The van der Waals surface area contributed by atoms with Crippen LogP contribution in [0.4, 0.5) is 4.79 Å². The van der Waals surface area contributed by atoms with Crippen LogP contribution in [0.15, 0.2) is 0 Å². The predicted molar refractivity (Wildman–Crippen MR) is 58.4 cm³/mol. The van der Waals surface area contributed by atoms with E-state index in [-0.39, 0.29) is 19.3 Å². The molecule has 6 heteroatoms. The molecule has 3 N–H and O–H groups in total. The molecule has 1 fully saturated rings. The Hall–Kier alpha value is -0.850. The van der Waals surface area contributed by atoms with Crippen molar-refractivity contribution in [3.05, 3.63) is 0 Å². The van der Waals surface area contributed by atoms with E-state index >= 15 is 0 Å². The van der Waals surface area contributed by atoms with Crippen molar-refractivity contribution in [3.8, 4) is 0 Å². The highest BCUT2D eigenvalue weighted by molar-refractivity contribution is 5.66. The first kappa shape index (κ1) is 13.2. The topological polar surface area (TPSA) is 84.2 Å². The zero-order valence-corrected chi connectivity index (χ0v) is 9.38. The van der Waals surface area contributed by atoms with Crippen molar-refractivity contribution in [1.29, 1.82) is 0 Å². The summed E-state index contributed by atoms with van der Waals surface area (Å²) in [5.41, 5.74) is 0. The van der Waals surface area contributed by atoms with Gasteiger partial charge in [-0.1, -0.05) is 0 Å². The van der Waals surface area contributed by atoms with Crippen molar-refractivity contribution < 1.29 is 20.1 Å². The first-order valence-electron chi connectivity index (χ1n) is 5.62. The van der Waals surface area contributed by atoms with Gasteiger partial charge in [0.25, 0.3) is 0 Å². The Morgan fingerprint density at radius 2 is 1.69 bits per heavy atom. The van der Waals surface area contributed by atoms with Gasteiger partial charge in [-0.3, -0.25) is 4.90 Å². The molecule has 0 radical (unpaired) electrons. The Bertz CT molecular complexity index is 211. The van der Waals surface area contributed by atoms with E-state index in [9.17, 15) is 4.79 Å². The van der Waals surface area contributed by atoms with Crippen molar-refractivity contribution in [1.82, 2.24) is 9.80 Å². The van der Waals surface area contributed by atoms with E-state index in [1.165, 1.54) is 4.90 Å². The minimum absolute atomic E-state index is 0.144. The zero-order valence-electron chi connectivity index (χ0n) is 9.38. The van der Waals surface area contributed by atoms with Gasteiger partial charge < -0.3 is 20.2 Å². The number of amides is 1. The van der Waals surface area contributed by atoms with Gasteiger partial charge in [0.15, 0.2) is 0 Å². The molecule has 1 aliphatic heterocycles. The van der Waals surface area contributed by atoms with E-state index in [1.807, 2.05) is 0 Å². The van der Waals surface area contributed by atoms with Gasteiger partial charge in [-0.05, 0) is 12.8 Å². The number of hydrogen-bond acceptors (Lipinski definition) is 4. The standard InChI is InChI=1S/C10H20N2O4/c13-5-1-3-11(4-2-6-14)9-7-12(8-9)10(15)16/h9,13-14H,1-8H2,(H,15,16). The molecule has 94 valence electrons. The number of nitrogens with zero attached hydrogens (tertiary/aromatic N) is 2. The molecule has 1 rings (SSSR count). The van der Waals surface area contributed by atoms with Crippen LogP contribution in [0.1, 0.15) is 12.8 Å². The molecule has 0 aromatic heterocycles. The van der Waals surface area contributed by atoms with E-state index in [4.69, 9.17) is 15.3 Å². The number of hydrogen-bond donors (Lipinski definition) is 3. The summed E-state index contributed by atoms with van der Waals surface area (Å²) >= 11 is 0. The van der Waals surface area contributed by atoms with Gasteiger partial charge in [-0.2, -0.15) is 0 Å². The summed E-state index contributed by atoms with van der Waals surface area (Å²) in [7, 11) is 0. The molecule has 6 nitrogen and oxygen atoms in total. The van der Waals surface area contributed by atoms with E-state index in [1.54, 1.807) is 0 Å². The molecule has 0 aromatic rings.